The van der Waals surface area contributed by atoms with Gasteiger partial charge in [0.05, 0.1) is 12.5 Å². The highest BCUT2D eigenvalue weighted by Gasteiger charge is 2.25. The van der Waals surface area contributed by atoms with Crippen LogP contribution in [0.4, 0.5) is 0 Å². The first-order valence-corrected chi connectivity index (χ1v) is 8.30. The van der Waals surface area contributed by atoms with Crippen molar-refractivity contribution >= 4 is 5.91 Å². The number of hydrogen-bond donors (Lipinski definition) is 1. The molecule has 24 heavy (non-hydrogen) atoms. The van der Waals surface area contributed by atoms with Crippen LogP contribution in [-0.2, 0) is 11.3 Å². The number of carbonyl (C=O) groups is 1. The summed E-state index contributed by atoms with van der Waals surface area (Å²) in [6.07, 6.45) is 0. The molecular weight excluding hydrogens is 300 g/mol. The summed E-state index contributed by atoms with van der Waals surface area (Å²) in [5.41, 5.74) is 8.25. The number of nitrogens with two attached hydrogens (primary N) is 1. The molecule has 0 aliphatic rings. The molecule has 0 aliphatic carbocycles. The van der Waals surface area contributed by atoms with Crippen LogP contribution in [0, 0.1) is 5.92 Å². The van der Waals surface area contributed by atoms with Crippen molar-refractivity contribution in [1.29, 1.82) is 0 Å². The maximum atomic E-state index is 12.7. The third-order valence-electron chi connectivity index (χ3n) is 4.17. The molecule has 2 atom stereocenters. The molecule has 2 unspecified atom stereocenters. The monoisotopic (exact) mass is 326 g/mol. The van der Waals surface area contributed by atoms with E-state index in [0.29, 0.717) is 13.2 Å². The van der Waals surface area contributed by atoms with Crippen LogP contribution in [0.15, 0.2) is 54.6 Å². The molecule has 2 aromatic rings. The van der Waals surface area contributed by atoms with E-state index in [1.165, 1.54) is 0 Å². The van der Waals surface area contributed by atoms with E-state index in [9.17, 15) is 4.79 Å². The minimum absolute atomic E-state index is 0.0256. The van der Waals surface area contributed by atoms with Crippen LogP contribution in [0.25, 0.3) is 0 Å². The van der Waals surface area contributed by atoms with Crippen LogP contribution < -0.4 is 10.5 Å². The molecule has 4 heteroatoms. The molecule has 0 radical (unpaired) electrons. The molecule has 0 saturated heterocycles. The Kier molecular flexibility index (Phi) is 6.38. The molecule has 2 aromatic carbocycles. The van der Waals surface area contributed by atoms with Gasteiger partial charge in [-0.05, 0) is 18.6 Å². The maximum absolute atomic E-state index is 12.7. The summed E-state index contributed by atoms with van der Waals surface area (Å²) in [5, 5.41) is 0. The lowest BCUT2D eigenvalue weighted by atomic mass is 9.94. The van der Waals surface area contributed by atoms with Gasteiger partial charge in [0.1, 0.15) is 5.75 Å². The second-order valence-electron chi connectivity index (χ2n) is 5.96. The van der Waals surface area contributed by atoms with Crippen LogP contribution in [0.5, 0.6) is 5.75 Å². The van der Waals surface area contributed by atoms with Crippen molar-refractivity contribution in [3.05, 3.63) is 65.7 Å². The zero-order valence-corrected chi connectivity index (χ0v) is 14.6. The summed E-state index contributed by atoms with van der Waals surface area (Å²) in [6, 6.07) is 17.2. The van der Waals surface area contributed by atoms with Gasteiger partial charge in [-0.1, -0.05) is 55.5 Å². The number of hydrogen-bond acceptors (Lipinski definition) is 3. The summed E-state index contributed by atoms with van der Waals surface area (Å²) in [4.78, 5) is 14.5. The normalized spacial score (nSPS) is 13.2. The lowest BCUT2D eigenvalue weighted by Crippen LogP contribution is -2.36. The zero-order valence-electron chi connectivity index (χ0n) is 14.6. The topological polar surface area (TPSA) is 55.6 Å². The summed E-state index contributed by atoms with van der Waals surface area (Å²) in [5.74, 6) is 0.550. The van der Waals surface area contributed by atoms with Crippen molar-refractivity contribution in [3.8, 4) is 5.75 Å². The predicted octanol–water partition coefficient (Wildman–Crippen LogP) is 3.38. The molecule has 0 spiro atoms. The Morgan fingerprint density at radius 2 is 1.75 bits per heavy atom. The highest BCUT2D eigenvalue weighted by Crippen LogP contribution is 2.23. The fourth-order valence-corrected chi connectivity index (χ4v) is 2.73. The van der Waals surface area contributed by atoms with Gasteiger partial charge in [-0.3, -0.25) is 4.79 Å². The molecule has 4 nitrogen and oxygen atoms in total. The Labute approximate surface area is 144 Å². The second-order valence-corrected chi connectivity index (χ2v) is 5.96. The third-order valence-corrected chi connectivity index (χ3v) is 4.17. The first-order chi connectivity index (χ1) is 11.5. The van der Waals surface area contributed by atoms with Crippen LogP contribution in [0.2, 0.25) is 0 Å². The van der Waals surface area contributed by atoms with Crippen LogP contribution in [-0.4, -0.2) is 24.5 Å². The average molecular weight is 326 g/mol. The fourth-order valence-electron chi connectivity index (χ4n) is 2.73. The van der Waals surface area contributed by atoms with Gasteiger partial charge in [0.2, 0.25) is 5.91 Å². The molecule has 0 heterocycles. The standard InChI is InChI=1S/C20H26N2O2/c1-4-24-18-13-9-8-12-17(18)14-22(3)20(23)15(2)19(21)16-10-6-5-7-11-16/h5-13,15,19H,4,14,21H2,1-3H3. The number of para-hydroxylation sites is 1. The SMILES string of the molecule is CCOc1ccccc1CN(C)C(=O)C(C)C(N)c1ccccc1. The second kappa shape index (κ2) is 8.50. The number of benzene rings is 2. The first kappa shape index (κ1) is 18.0. The van der Waals surface area contributed by atoms with E-state index in [0.717, 1.165) is 16.9 Å². The Morgan fingerprint density at radius 3 is 2.42 bits per heavy atom. The molecule has 1 amide bonds. The highest BCUT2D eigenvalue weighted by atomic mass is 16.5. The molecular formula is C20H26N2O2. The van der Waals surface area contributed by atoms with Crippen LogP contribution in [0.3, 0.4) is 0 Å². The molecule has 0 aromatic heterocycles. The quantitative estimate of drug-likeness (QED) is 0.848. The number of carbonyl (C=O) groups excluding carboxylic acids is 1. The highest BCUT2D eigenvalue weighted by molar-refractivity contribution is 5.79. The van der Waals surface area contributed by atoms with E-state index in [2.05, 4.69) is 0 Å². The van der Waals surface area contributed by atoms with Gasteiger partial charge in [-0.2, -0.15) is 0 Å². The van der Waals surface area contributed by atoms with E-state index in [1.807, 2.05) is 68.4 Å². The van der Waals surface area contributed by atoms with E-state index in [1.54, 1.807) is 11.9 Å². The minimum atomic E-state index is -0.316. The van der Waals surface area contributed by atoms with Crippen molar-refractivity contribution in [2.45, 2.75) is 26.4 Å². The average Bonchev–Trinajstić information content (AvgIpc) is 2.62. The van der Waals surface area contributed by atoms with Crippen molar-refractivity contribution in [3.63, 3.8) is 0 Å². The van der Waals surface area contributed by atoms with E-state index in [-0.39, 0.29) is 17.9 Å². The molecule has 0 aliphatic heterocycles. The van der Waals surface area contributed by atoms with Crippen molar-refractivity contribution in [2.75, 3.05) is 13.7 Å². The lowest BCUT2D eigenvalue weighted by molar-refractivity contribution is -0.134. The van der Waals surface area contributed by atoms with Crippen molar-refractivity contribution in [1.82, 2.24) is 4.90 Å². The summed E-state index contributed by atoms with van der Waals surface area (Å²) in [6.45, 7) is 4.93. The Balaban J connectivity index is 2.06. The van der Waals surface area contributed by atoms with Gasteiger partial charge in [0.25, 0.3) is 0 Å². The van der Waals surface area contributed by atoms with Crippen LogP contribution >= 0.6 is 0 Å². The molecule has 128 valence electrons. The number of ether oxygens (including phenoxy) is 1. The summed E-state index contributed by atoms with van der Waals surface area (Å²) < 4.78 is 5.63. The van der Waals surface area contributed by atoms with Crippen LogP contribution in [0.1, 0.15) is 31.0 Å². The Hall–Kier alpha value is -2.33. The Bertz CT molecular complexity index is 658. The number of nitrogens with zero attached hydrogens (tertiary/aromatic N) is 1. The maximum Gasteiger partial charge on any atom is 0.227 e. The Morgan fingerprint density at radius 1 is 1.12 bits per heavy atom. The molecule has 0 bridgehead atoms. The third kappa shape index (κ3) is 4.36. The van der Waals surface area contributed by atoms with Gasteiger partial charge in [-0.15, -0.1) is 0 Å². The molecule has 0 saturated carbocycles. The number of amides is 1. The predicted molar refractivity (Wildman–Crippen MR) is 96.6 cm³/mol. The minimum Gasteiger partial charge on any atom is -0.494 e. The lowest BCUT2D eigenvalue weighted by Gasteiger charge is -2.26. The van der Waals surface area contributed by atoms with Gasteiger partial charge >= 0.3 is 0 Å². The van der Waals surface area contributed by atoms with Gasteiger partial charge in [0, 0.05) is 25.2 Å². The zero-order chi connectivity index (χ0) is 17.5. The van der Waals surface area contributed by atoms with Crippen molar-refractivity contribution in [2.24, 2.45) is 11.7 Å². The molecule has 2 N–H and O–H groups in total. The van der Waals surface area contributed by atoms with E-state index < -0.39 is 0 Å². The summed E-state index contributed by atoms with van der Waals surface area (Å²) >= 11 is 0. The van der Waals surface area contributed by atoms with Gasteiger partial charge < -0.3 is 15.4 Å². The largest absolute Gasteiger partial charge is 0.494 e. The number of rotatable bonds is 7. The van der Waals surface area contributed by atoms with Gasteiger partial charge in [0.15, 0.2) is 0 Å². The summed E-state index contributed by atoms with van der Waals surface area (Å²) in [7, 11) is 1.80. The van der Waals surface area contributed by atoms with E-state index >= 15 is 0 Å². The first-order valence-electron chi connectivity index (χ1n) is 8.30. The fraction of sp³-hybridized carbons (Fsp3) is 0.350. The molecule has 0 fully saturated rings. The van der Waals surface area contributed by atoms with Crippen molar-refractivity contribution < 1.29 is 9.53 Å². The smallest absolute Gasteiger partial charge is 0.227 e. The van der Waals surface area contributed by atoms with Gasteiger partial charge in [-0.25, -0.2) is 0 Å². The van der Waals surface area contributed by atoms with E-state index in [4.69, 9.17) is 10.5 Å². The molecule has 2 rings (SSSR count).